The lowest BCUT2D eigenvalue weighted by atomic mass is 10.1. The van der Waals surface area contributed by atoms with Crippen LogP contribution in [0.4, 0.5) is 10.7 Å². The number of hydrogen-bond acceptors (Lipinski definition) is 6. The minimum Gasteiger partial charge on any atom is -0.465 e. The monoisotopic (exact) mass is 348 g/mol. The first kappa shape index (κ1) is 17.6. The van der Waals surface area contributed by atoms with Crippen LogP contribution in [0.25, 0.3) is 0 Å². The number of aryl methyl sites for hydroxylation is 1. The van der Waals surface area contributed by atoms with Crippen LogP contribution in [0.1, 0.15) is 38.1 Å². The molecule has 0 saturated heterocycles. The maximum absolute atomic E-state index is 12.4. The number of carbonyl (C=O) groups is 2. The molecule has 0 aliphatic heterocycles. The molecule has 0 bridgehead atoms. The van der Waals surface area contributed by atoms with Gasteiger partial charge in [-0.25, -0.2) is 4.79 Å². The number of benzene rings is 1. The number of hydrogen-bond donors (Lipinski definition) is 1. The lowest BCUT2D eigenvalue weighted by molar-refractivity contribution is -0.384. The Labute approximate surface area is 142 Å². The number of thiophene rings is 1. The fourth-order valence-corrected chi connectivity index (χ4v) is 3.47. The van der Waals surface area contributed by atoms with E-state index in [-0.39, 0.29) is 11.3 Å². The average Bonchev–Trinajstić information content (AvgIpc) is 2.89. The highest BCUT2D eigenvalue weighted by molar-refractivity contribution is 7.16. The molecule has 0 radical (unpaired) electrons. The number of carbonyl (C=O) groups excluding carboxylic acids is 2. The Bertz CT molecular complexity index is 813. The second kappa shape index (κ2) is 7.22. The van der Waals surface area contributed by atoms with Crippen LogP contribution in [0.3, 0.4) is 0 Å². The Morgan fingerprint density at radius 2 is 2.08 bits per heavy atom. The summed E-state index contributed by atoms with van der Waals surface area (Å²) in [5.41, 5.74) is 1.12. The van der Waals surface area contributed by atoms with E-state index in [2.05, 4.69) is 5.32 Å². The standard InChI is InChI=1S/C16H16N2O5S/c1-4-12-9(2)24-15(13(12)16(20)23-3)17-14(19)10-6-5-7-11(8-10)18(21)22/h5-8H,4H2,1-3H3,(H,17,19). The summed E-state index contributed by atoms with van der Waals surface area (Å²) >= 11 is 1.28. The van der Waals surface area contributed by atoms with Crippen molar-refractivity contribution in [2.45, 2.75) is 20.3 Å². The van der Waals surface area contributed by atoms with Crippen LogP contribution in [-0.2, 0) is 11.2 Å². The summed E-state index contributed by atoms with van der Waals surface area (Å²) in [6.45, 7) is 3.77. The van der Waals surface area contributed by atoms with E-state index in [0.717, 1.165) is 10.4 Å². The lowest BCUT2D eigenvalue weighted by Gasteiger charge is -2.07. The number of nitro benzene ring substituents is 1. The third-order valence-electron chi connectivity index (χ3n) is 3.50. The van der Waals surface area contributed by atoms with Gasteiger partial charge in [-0.2, -0.15) is 0 Å². The van der Waals surface area contributed by atoms with Crippen molar-refractivity contribution in [3.05, 3.63) is 55.9 Å². The van der Waals surface area contributed by atoms with Crippen molar-refractivity contribution in [3.8, 4) is 0 Å². The van der Waals surface area contributed by atoms with Crippen molar-refractivity contribution in [1.29, 1.82) is 0 Å². The van der Waals surface area contributed by atoms with Gasteiger partial charge in [0.1, 0.15) is 5.00 Å². The molecule has 0 aliphatic rings. The van der Waals surface area contributed by atoms with Crippen molar-refractivity contribution in [2.24, 2.45) is 0 Å². The van der Waals surface area contributed by atoms with Crippen molar-refractivity contribution in [2.75, 3.05) is 12.4 Å². The summed E-state index contributed by atoms with van der Waals surface area (Å²) in [5.74, 6) is -1.04. The van der Waals surface area contributed by atoms with Gasteiger partial charge in [-0.3, -0.25) is 14.9 Å². The molecule has 0 saturated carbocycles. The van der Waals surface area contributed by atoms with Gasteiger partial charge in [0.05, 0.1) is 17.6 Å². The number of methoxy groups -OCH3 is 1. The quantitative estimate of drug-likeness (QED) is 0.506. The van der Waals surface area contributed by atoms with Gasteiger partial charge >= 0.3 is 5.97 Å². The largest absolute Gasteiger partial charge is 0.465 e. The summed E-state index contributed by atoms with van der Waals surface area (Å²) in [7, 11) is 1.28. The maximum atomic E-state index is 12.4. The van der Waals surface area contributed by atoms with Crippen LogP contribution in [-0.4, -0.2) is 23.9 Å². The van der Waals surface area contributed by atoms with Gasteiger partial charge in [0, 0.05) is 22.6 Å². The fraction of sp³-hybridized carbons (Fsp3) is 0.250. The first-order valence-electron chi connectivity index (χ1n) is 7.15. The molecule has 1 aromatic heterocycles. The van der Waals surface area contributed by atoms with E-state index in [4.69, 9.17) is 4.74 Å². The van der Waals surface area contributed by atoms with E-state index < -0.39 is 16.8 Å². The molecule has 1 amide bonds. The molecule has 24 heavy (non-hydrogen) atoms. The Morgan fingerprint density at radius 3 is 2.67 bits per heavy atom. The lowest BCUT2D eigenvalue weighted by Crippen LogP contribution is -2.14. The molecule has 0 unspecified atom stereocenters. The number of rotatable bonds is 5. The first-order chi connectivity index (χ1) is 11.4. The second-order valence-corrected chi connectivity index (χ2v) is 6.17. The SMILES string of the molecule is CCc1c(C)sc(NC(=O)c2cccc([N+](=O)[O-])c2)c1C(=O)OC. The molecule has 2 aromatic rings. The zero-order chi connectivity index (χ0) is 17.9. The fourth-order valence-electron chi connectivity index (χ4n) is 2.35. The molecule has 0 fully saturated rings. The molecule has 1 N–H and O–H groups in total. The smallest absolute Gasteiger partial charge is 0.341 e. The van der Waals surface area contributed by atoms with Crippen molar-refractivity contribution >= 4 is 33.9 Å². The Morgan fingerprint density at radius 1 is 1.38 bits per heavy atom. The van der Waals surface area contributed by atoms with Gasteiger partial charge in [-0.05, 0) is 25.0 Å². The molecule has 0 atom stereocenters. The van der Waals surface area contributed by atoms with Crippen LogP contribution in [0.2, 0.25) is 0 Å². The number of anilines is 1. The molecular weight excluding hydrogens is 332 g/mol. The van der Waals surface area contributed by atoms with Gasteiger partial charge < -0.3 is 10.1 Å². The van der Waals surface area contributed by atoms with Crippen LogP contribution in [0.5, 0.6) is 0 Å². The van der Waals surface area contributed by atoms with E-state index in [9.17, 15) is 19.7 Å². The average molecular weight is 348 g/mol. The van der Waals surface area contributed by atoms with E-state index in [1.807, 2.05) is 13.8 Å². The Hall–Kier alpha value is -2.74. The summed E-state index contributed by atoms with van der Waals surface area (Å²) in [6.07, 6.45) is 0.624. The summed E-state index contributed by atoms with van der Waals surface area (Å²) in [4.78, 5) is 35.6. The van der Waals surface area contributed by atoms with Crippen molar-refractivity contribution < 1.29 is 19.2 Å². The van der Waals surface area contributed by atoms with E-state index >= 15 is 0 Å². The summed E-state index contributed by atoms with van der Waals surface area (Å²) in [5, 5.41) is 13.9. The van der Waals surface area contributed by atoms with Crippen molar-refractivity contribution in [1.82, 2.24) is 0 Å². The molecular formula is C16H16N2O5S. The Balaban J connectivity index is 2.37. The van der Waals surface area contributed by atoms with Crippen molar-refractivity contribution in [3.63, 3.8) is 0 Å². The normalized spacial score (nSPS) is 10.3. The number of esters is 1. The topological polar surface area (TPSA) is 98.5 Å². The summed E-state index contributed by atoms with van der Waals surface area (Å²) in [6, 6.07) is 5.40. The van der Waals surface area contributed by atoms with E-state index in [1.54, 1.807) is 0 Å². The third-order valence-corrected chi connectivity index (χ3v) is 4.56. The number of amides is 1. The van der Waals surface area contributed by atoms with Crippen LogP contribution < -0.4 is 5.32 Å². The number of ether oxygens (including phenoxy) is 1. The zero-order valence-electron chi connectivity index (χ0n) is 13.4. The molecule has 8 heteroatoms. The molecule has 7 nitrogen and oxygen atoms in total. The highest BCUT2D eigenvalue weighted by atomic mass is 32.1. The second-order valence-electron chi connectivity index (χ2n) is 4.95. The predicted molar refractivity (Wildman–Crippen MR) is 90.8 cm³/mol. The minimum absolute atomic E-state index is 0.143. The van der Waals surface area contributed by atoms with Gasteiger partial charge in [-0.1, -0.05) is 13.0 Å². The number of nitrogens with one attached hydrogen (secondary N) is 1. The molecule has 1 heterocycles. The van der Waals surface area contributed by atoms with E-state index in [0.29, 0.717) is 17.0 Å². The highest BCUT2D eigenvalue weighted by Crippen LogP contribution is 2.34. The molecule has 1 aromatic carbocycles. The van der Waals surface area contributed by atoms with Gasteiger partial charge in [0.2, 0.25) is 0 Å². The number of nitrogens with zero attached hydrogens (tertiary/aromatic N) is 1. The molecule has 0 spiro atoms. The number of nitro groups is 1. The minimum atomic E-state index is -0.568. The molecule has 0 aliphatic carbocycles. The van der Waals surface area contributed by atoms with Gasteiger partial charge in [0.25, 0.3) is 11.6 Å². The highest BCUT2D eigenvalue weighted by Gasteiger charge is 2.23. The first-order valence-corrected chi connectivity index (χ1v) is 7.97. The molecule has 2 rings (SSSR count). The van der Waals surface area contributed by atoms with Gasteiger partial charge in [0.15, 0.2) is 0 Å². The number of non-ortho nitro benzene ring substituents is 1. The molecule has 126 valence electrons. The van der Waals surface area contributed by atoms with Crippen LogP contribution in [0.15, 0.2) is 24.3 Å². The van der Waals surface area contributed by atoms with E-state index in [1.165, 1.54) is 42.7 Å². The maximum Gasteiger partial charge on any atom is 0.341 e. The summed E-state index contributed by atoms with van der Waals surface area (Å²) < 4.78 is 4.80. The predicted octanol–water partition coefficient (Wildman–Crippen LogP) is 3.57. The van der Waals surface area contributed by atoms with Crippen LogP contribution in [0, 0.1) is 17.0 Å². The van der Waals surface area contributed by atoms with Crippen LogP contribution >= 0.6 is 11.3 Å². The third kappa shape index (κ3) is 3.43. The zero-order valence-corrected chi connectivity index (χ0v) is 14.2. The Kier molecular flexibility index (Phi) is 5.30. The van der Waals surface area contributed by atoms with Gasteiger partial charge in [-0.15, -0.1) is 11.3 Å².